The maximum atomic E-state index is 12.9. The molecule has 0 saturated heterocycles. The number of amides is 1. The minimum Gasteiger partial charge on any atom is -0.493 e. The van der Waals surface area contributed by atoms with Gasteiger partial charge in [0.05, 0.1) is 18.0 Å². The normalized spacial score (nSPS) is 14.7. The van der Waals surface area contributed by atoms with Gasteiger partial charge in [-0.2, -0.15) is 0 Å². The van der Waals surface area contributed by atoms with Crippen LogP contribution < -0.4 is 10.1 Å². The van der Waals surface area contributed by atoms with E-state index in [1.807, 2.05) is 72.7 Å². The number of hydrogen-bond donors (Lipinski definition) is 1. The summed E-state index contributed by atoms with van der Waals surface area (Å²) in [5, 5.41) is 3.26. The predicted molar refractivity (Wildman–Crippen MR) is 128 cm³/mol. The van der Waals surface area contributed by atoms with Crippen LogP contribution in [0.4, 0.5) is 5.69 Å². The fourth-order valence-electron chi connectivity index (χ4n) is 3.84. The lowest BCUT2D eigenvalue weighted by molar-refractivity contribution is 0.102. The highest BCUT2D eigenvalue weighted by Gasteiger charge is 2.27. The molecule has 1 unspecified atom stereocenters. The van der Waals surface area contributed by atoms with Gasteiger partial charge in [-0.25, -0.2) is 0 Å². The Morgan fingerprint density at radius 3 is 2.84 bits per heavy atom. The summed E-state index contributed by atoms with van der Waals surface area (Å²) >= 11 is 1.83. The molecule has 5 rings (SSSR count). The molecule has 0 fully saturated rings. The molecule has 1 amide bonds. The van der Waals surface area contributed by atoms with E-state index in [2.05, 4.69) is 33.1 Å². The average Bonchev–Trinajstić information content (AvgIpc) is 3.44. The van der Waals surface area contributed by atoms with Crippen molar-refractivity contribution >= 4 is 23.4 Å². The Hall–Kier alpha value is -3.51. The number of hydrogen-bond acceptors (Lipinski definition) is 4. The van der Waals surface area contributed by atoms with E-state index in [4.69, 9.17) is 4.74 Å². The second-order valence-corrected chi connectivity index (χ2v) is 8.67. The summed E-state index contributed by atoms with van der Waals surface area (Å²) in [6.45, 7) is 0.565. The number of nitrogens with zero attached hydrogens (tertiary/aromatic N) is 2. The monoisotopic (exact) mass is 441 g/mol. The molecule has 1 aliphatic rings. The number of anilines is 1. The lowest BCUT2D eigenvalue weighted by Gasteiger charge is -2.12. The standard InChI is InChI=1S/C26H23N3O2S/c30-25(20-8-4-10-22(16-20)31-15-12-19-6-2-1-3-7-19)28-23-11-14-29-24(23)18-32-26(29)21-9-5-13-27-17-21/h1-11,13-14,16-17,26H,12,15,18H2,(H,28,30). The number of nitrogens with one attached hydrogen (secondary N) is 1. The average molecular weight is 442 g/mol. The molecular formula is C26H23N3O2S. The molecule has 0 spiro atoms. The summed E-state index contributed by atoms with van der Waals surface area (Å²) in [7, 11) is 0. The molecule has 1 aliphatic heterocycles. The number of aromatic nitrogens is 2. The Morgan fingerprint density at radius 2 is 2.00 bits per heavy atom. The van der Waals surface area contributed by atoms with E-state index in [9.17, 15) is 4.79 Å². The topological polar surface area (TPSA) is 56.2 Å². The summed E-state index contributed by atoms with van der Waals surface area (Å²) < 4.78 is 8.09. The van der Waals surface area contributed by atoms with Gasteiger partial charge in [0.25, 0.3) is 5.91 Å². The maximum Gasteiger partial charge on any atom is 0.255 e. The molecular weight excluding hydrogens is 418 g/mol. The van der Waals surface area contributed by atoms with Crippen molar-refractivity contribution in [2.24, 2.45) is 0 Å². The van der Waals surface area contributed by atoms with Crippen molar-refractivity contribution in [3.8, 4) is 5.75 Å². The number of benzene rings is 2. The molecule has 1 atom stereocenters. The van der Waals surface area contributed by atoms with Gasteiger partial charge in [0.15, 0.2) is 0 Å². The number of thioether (sulfide) groups is 1. The number of ether oxygens (including phenoxy) is 1. The smallest absolute Gasteiger partial charge is 0.255 e. The lowest BCUT2D eigenvalue weighted by Crippen LogP contribution is -2.13. The highest BCUT2D eigenvalue weighted by molar-refractivity contribution is 7.99. The number of rotatable bonds is 7. The fraction of sp³-hybridized carbons (Fsp3) is 0.154. The van der Waals surface area contributed by atoms with Gasteiger partial charge in [-0.1, -0.05) is 42.5 Å². The van der Waals surface area contributed by atoms with E-state index in [1.165, 1.54) is 5.56 Å². The molecule has 5 nitrogen and oxygen atoms in total. The van der Waals surface area contributed by atoms with Crippen LogP contribution in [0.15, 0.2) is 91.4 Å². The molecule has 32 heavy (non-hydrogen) atoms. The zero-order chi connectivity index (χ0) is 21.8. The summed E-state index contributed by atoms with van der Waals surface area (Å²) in [5.74, 6) is 1.40. The van der Waals surface area contributed by atoms with Gasteiger partial charge < -0.3 is 14.6 Å². The van der Waals surface area contributed by atoms with E-state index in [0.29, 0.717) is 17.9 Å². The van der Waals surface area contributed by atoms with Crippen LogP contribution in [-0.2, 0) is 12.2 Å². The van der Waals surface area contributed by atoms with Crippen LogP contribution in [-0.4, -0.2) is 22.1 Å². The van der Waals surface area contributed by atoms with Gasteiger partial charge in [-0.05, 0) is 35.9 Å². The Morgan fingerprint density at radius 1 is 1.09 bits per heavy atom. The van der Waals surface area contributed by atoms with Crippen molar-refractivity contribution in [1.82, 2.24) is 9.55 Å². The molecule has 2 aromatic heterocycles. The molecule has 0 saturated carbocycles. The highest BCUT2D eigenvalue weighted by Crippen LogP contribution is 2.43. The second-order valence-electron chi connectivity index (χ2n) is 7.60. The van der Waals surface area contributed by atoms with E-state index < -0.39 is 0 Å². The summed E-state index contributed by atoms with van der Waals surface area (Å²) in [4.78, 5) is 17.2. The van der Waals surface area contributed by atoms with E-state index in [1.54, 1.807) is 12.3 Å². The zero-order valence-corrected chi connectivity index (χ0v) is 18.3. The lowest BCUT2D eigenvalue weighted by atomic mass is 10.1. The highest BCUT2D eigenvalue weighted by atomic mass is 32.2. The third-order valence-corrected chi connectivity index (χ3v) is 6.73. The Bertz CT molecular complexity index is 1210. The summed E-state index contributed by atoms with van der Waals surface area (Å²) in [5.41, 5.74) is 4.94. The van der Waals surface area contributed by atoms with Crippen molar-refractivity contribution in [2.45, 2.75) is 17.5 Å². The predicted octanol–water partition coefficient (Wildman–Crippen LogP) is 5.55. The largest absolute Gasteiger partial charge is 0.493 e. The first-order chi connectivity index (χ1) is 15.8. The molecule has 0 bridgehead atoms. The molecule has 1 N–H and O–H groups in total. The van der Waals surface area contributed by atoms with Crippen LogP contribution >= 0.6 is 11.8 Å². The van der Waals surface area contributed by atoms with Crippen molar-refractivity contribution in [3.63, 3.8) is 0 Å². The van der Waals surface area contributed by atoms with Gasteiger partial charge in [0, 0.05) is 41.9 Å². The molecule has 3 heterocycles. The molecule has 0 radical (unpaired) electrons. The molecule has 160 valence electrons. The molecule has 4 aromatic rings. The summed E-state index contributed by atoms with van der Waals surface area (Å²) in [6, 6.07) is 23.6. The first kappa shape index (κ1) is 20.4. The van der Waals surface area contributed by atoms with E-state index in [-0.39, 0.29) is 11.3 Å². The Labute approximate surface area is 191 Å². The van der Waals surface area contributed by atoms with Crippen molar-refractivity contribution in [2.75, 3.05) is 11.9 Å². The number of pyridine rings is 1. The molecule has 6 heteroatoms. The third kappa shape index (κ3) is 4.41. The Kier molecular flexibility index (Phi) is 5.94. The quantitative estimate of drug-likeness (QED) is 0.408. The maximum absolute atomic E-state index is 12.9. The van der Waals surface area contributed by atoms with Gasteiger partial charge in [0.2, 0.25) is 0 Å². The van der Waals surface area contributed by atoms with Gasteiger partial charge in [0.1, 0.15) is 11.1 Å². The van der Waals surface area contributed by atoms with Crippen LogP contribution in [0.3, 0.4) is 0 Å². The van der Waals surface area contributed by atoms with Crippen LogP contribution in [0.5, 0.6) is 5.75 Å². The molecule has 2 aromatic carbocycles. The number of carbonyl (C=O) groups excluding carboxylic acids is 1. The zero-order valence-electron chi connectivity index (χ0n) is 17.5. The number of fused-ring (bicyclic) bond motifs is 1. The number of carbonyl (C=O) groups is 1. The first-order valence-electron chi connectivity index (χ1n) is 10.6. The summed E-state index contributed by atoms with van der Waals surface area (Å²) in [6.07, 6.45) is 6.54. The van der Waals surface area contributed by atoms with Crippen LogP contribution in [0.1, 0.15) is 32.6 Å². The van der Waals surface area contributed by atoms with Gasteiger partial charge in [-0.15, -0.1) is 11.8 Å². The fourth-order valence-corrected chi connectivity index (χ4v) is 5.15. The van der Waals surface area contributed by atoms with Crippen LogP contribution in [0.2, 0.25) is 0 Å². The van der Waals surface area contributed by atoms with Gasteiger partial charge in [-0.3, -0.25) is 9.78 Å². The van der Waals surface area contributed by atoms with Crippen LogP contribution in [0.25, 0.3) is 0 Å². The van der Waals surface area contributed by atoms with E-state index >= 15 is 0 Å². The SMILES string of the molecule is O=C(Nc1ccn2c1CSC2c1cccnc1)c1cccc(OCCc2ccccc2)c1. The Balaban J connectivity index is 1.24. The minimum atomic E-state index is -0.137. The van der Waals surface area contributed by atoms with Crippen molar-refractivity contribution in [1.29, 1.82) is 0 Å². The first-order valence-corrected chi connectivity index (χ1v) is 11.6. The van der Waals surface area contributed by atoms with Crippen LogP contribution in [0, 0.1) is 0 Å². The van der Waals surface area contributed by atoms with Gasteiger partial charge >= 0.3 is 0 Å². The third-order valence-electron chi connectivity index (χ3n) is 5.47. The van der Waals surface area contributed by atoms with Crippen molar-refractivity contribution < 1.29 is 9.53 Å². The van der Waals surface area contributed by atoms with Crippen molar-refractivity contribution in [3.05, 3.63) is 114 Å². The minimum absolute atomic E-state index is 0.137. The van der Waals surface area contributed by atoms with E-state index in [0.717, 1.165) is 29.1 Å². The molecule has 0 aliphatic carbocycles. The second kappa shape index (κ2) is 9.32.